The number of ether oxygens (including phenoxy) is 1. The van der Waals surface area contributed by atoms with Crippen molar-refractivity contribution in [3.8, 4) is 0 Å². The third-order valence-electron chi connectivity index (χ3n) is 5.63. The van der Waals surface area contributed by atoms with Crippen molar-refractivity contribution in [2.24, 2.45) is 0 Å². The monoisotopic (exact) mass is 513 g/mol. The van der Waals surface area contributed by atoms with Crippen molar-refractivity contribution < 1.29 is 18.7 Å². The van der Waals surface area contributed by atoms with Gasteiger partial charge in [-0.1, -0.05) is 36.4 Å². The number of likely N-dealkylation sites (N-methyl/N-ethyl adjacent to an activating group) is 1. The molecular weight excluding hydrogens is 485 g/mol. The van der Waals surface area contributed by atoms with Gasteiger partial charge in [0.05, 0.1) is 29.2 Å². The van der Waals surface area contributed by atoms with Crippen molar-refractivity contribution in [2.45, 2.75) is 19.4 Å². The summed E-state index contributed by atoms with van der Waals surface area (Å²) >= 11 is 6.33. The number of benzene rings is 2. The topological polar surface area (TPSA) is 107 Å². The van der Waals surface area contributed by atoms with Gasteiger partial charge in [0.25, 0.3) is 5.91 Å². The molecular formula is C26H29ClFN5O3. The Morgan fingerprint density at radius 3 is 2.64 bits per heavy atom. The summed E-state index contributed by atoms with van der Waals surface area (Å²) in [5.74, 6) is -0.805. The molecule has 0 unspecified atom stereocenters. The summed E-state index contributed by atoms with van der Waals surface area (Å²) in [6, 6.07) is 10.1. The van der Waals surface area contributed by atoms with E-state index in [1.54, 1.807) is 42.4 Å². The minimum atomic E-state index is -0.740. The maximum atomic E-state index is 14.6. The molecule has 190 valence electrons. The fourth-order valence-corrected chi connectivity index (χ4v) is 4.12. The normalized spacial score (nSPS) is 15.4. The van der Waals surface area contributed by atoms with Gasteiger partial charge in [-0.25, -0.2) is 9.18 Å². The molecule has 0 aromatic heterocycles. The molecule has 0 spiro atoms. The van der Waals surface area contributed by atoms with Gasteiger partial charge in [-0.15, -0.1) is 0 Å². The van der Waals surface area contributed by atoms with E-state index in [-0.39, 0.29) is 40.0 Å². The Labute approximate surface area is 214 Å². The van der Waals surface area contributed by atoms with Crippen LogP contribution in [0.5, 0.6) is 0 Å². The van der Waals surface area contributed by atoms with E-state index in [4.69, 9.17) is 21.7 Å². The molecule has 1 aliphatic heterocycles. The van der Waals surface area contributed by atoms with Gasteiger partial charge in [-0.05, 0) is 42.8 Å². The summed E-state index contributed by atoms with van der Waals surface area (Å²) in [7, 11) is 1.58. The van der Waals surface area contributed by atoms with E-state index < -0.39 is 17.9 Å². The van der Waals surface area contributed by atoms with E-state index in [0.29, 0.717) is 31.0 Å². The molecule has 3 rings (SSSR count). The lowest BCUT2D eigenvalue weighted by Crippen LogP contribution is -2.46. The van der Waals surface area contributed by atoms with E-state index in [1.807, 2.05) is 13.0 Å². The highest BCUT2D eigenvalue weighted by atomic mass is 35.5. The predicted molar refractivity (Wildman–Crippen MR) is 141 cm³/mol. The maximum Gasteiger partial charge on any atom is 0.323 e. The zero-order valence-electron chi connectivity index (χ0n) is 20.2. The van der Waals surface area contributed by atoms with Gasteiger partial charge in [-0.2, -0.15) is 0 Å². The number of hydrogen-bond acceptors (Lipinski definition) is 4. The molecule has 36 heavy (non-hydrogen) atoms. The molecule has 0 aliphatic carbocycles. The Kier molecular flexibility index (Phi) is 9.21. The van der Waals surface area contributed by atoms with Crippen molar-refractivity contribution in [3.63, 3.8) is 0 Å². The maximum absolute atomic E-state index is 14.6. The SMILES string of the molecule is C=C1C=C(c2cc(NC(=O)Nc3ccccc3)c(F)cc2Cl)C(=O)N(CC)[C@H]1CC(=N)NCCOC. The van der Waals surface area contributed by atoms with Crippen LogP contribution in [0.15, 0.2) is 60.7 Å². The number of urea groups is 1. The molecule has 1 heterocycles. The Morgan fingerprint density at radius 1 is 1.25 bits per heavy atom. The second-order valence-electron chi connectivity index (χ2n) is 8.10. The van der Waals surface area contributed by atoms with Crippen LogP contribution in [0.3, 0.4) is 0 Å². The van der Waals surface area contributed by atoms with Crippen molar-refractivity contribution in [2.75, 3.05) is 37.4 Å². The summed E-state index contributed by atoms with van der Waals surface area (Å²) in [5, 5.41) is 16.3. The number of hydrogen-bond donors (Lipinski definition) is 4. The number of rotatable bonds is 9. The lowest BCUT2D eigenvalue weighted by atomic mass is 9.91. The summed E-state index contributed by atoms with van der Waals surface area (Å²) < 4.78 is 19.6. The van der Waals surface area contributed by atoms with Gasteiger partial charge in [0.15, 0.2) is 0 Å². The number of para-hydroxylation sites is 1. The molecule has 1 aliphatic rings. The third-order valence-corrected chi connectivity index (χ3v) is 5.95. The smallest absolute Gasteiger partial charge is 0.323 e. The zero-order valence-corrected chi connectivity index (χ0v) is 20.9. The Hall–Kier alpha value is -3.69. The number of nitrogens with zero attached hydrogens (tertiary/aromatic N) is 1. The van der Waals surface area contributed by atoms with E-state index in [0.717, 1.165) is 6.07 Å². The summed E-state index contributed by atoms with van der Waals surface area (Å²) in [4.78, 5) is 27.4. The number of carbonyl (C=O) groups excluding carboxylic acids is 2. The van der Waals surface area contributed by atoms with Crippen LogP contribution in [0.25, 0.3) is 5.57 Å². The number of methoxy groups -OCH3 is 1. The molecule has 0 saturated heterocycles. The van der Waals surface area contributed by atoms with Crippen LogP contribution in [0.4, 0.5) is 20.6 Å². The zero-order chi connectivity index (χ0) is 26.2. The fraction of sp³-hybridized carbons (Fsp3) is 0.269. The van der Waals surface area contributed by atoms with Crippen LogP contribution in [0.1, 0.15) is 18.9 Å². The third kappa shape index (κ3) is 6.50. The first-order chi connectivity index (χ1) is 17.2. The van der Waals surface area contributed by atoms with Gasteiger partial charge in [0.2, 0.25) is 0 Å². The van der Waals surface area contributed by atoms with Crippen LogP contribution < -0.4 is 16.0 Å². The first-order valence-corrected chi connectivity index (χ1v) is 11.8. The Morgan fingerprint density at radius 2 is 1.97 bits per heavy atom. The molecule has 0 radical (unpaired) electrons. The number of halogens is 2. The van der Waals surface area contributed by atoms with Crippen molar-refractivity contribution in [1.82, 2.24) is 10.2 Å². The second-order valence-corrected chi connectivity index (χ2v) is 8.51. The average Bonchev–Trinajstić information content (AvgIpc) is 2.84. The molecule has 0 fully saturated rings. The molecule has 4 N–H and O–H groups in total. The van der Waals surface area contributed by atoms with Gasteiger partial charge in [0, 0.05) is 43.4 Å². The number of carbonyl (C=O) groups is 2. The van der Waals surface area contributed by atoms with Crippen LogP contribution in [-0.2, 0) is 9.53 Å². The Bertz CT molecular complexity index is 1190. The first-order valence-electron chi connectivity index (χ1n) is 11.4. The van der Waals surface area contributed by atoms with Crippen molar-refractivity contribution in [1.29, 1.82) is 5.41 Å². The highest BCUT2D eigenvalue weighted by molar-refractivity contribution is 6.35. The molecule has 10 heteroatoms. The number of amides is 3. The Balaban J connectivity index is 1.84. The van der Waals surface area contributed by atoms with Crippen LogP contribution in [-0.4, -0.2) is 55.5 Å². The fourth-order valence-electron chi connectivity index (χ4n) is 3.86. The molecule has 1 atom stereocenters. The van der Waals surface area contributed by atoms with Crippen LogP contribution in [0, 0.1) is 11.2 Å². The van der Waals surface area contributed by atoms with Crippen molar-refractivity contribution >= 4 is 46.3 Å². The molecule has 8 nitrogen and oxygen atoms in total. The predicted octanol–water partition coefficient (Wildman–Crippen LogP) is 4.90. The number of amidine groups is 1. The van der Waals surface area contributed by atoms with Crippen LogP contribution in [0.2, 0.25) is 5.02 Å². The minimum Gasteiger partial charge on any atom is -0.383 e. The summed E-state index contributed by atoms with van der Waals surface area (Å²) in [6.07, 6.45) is 1.87. The van der Waals surface area contributed by atoms with E-state index in [9.17, 15) is 14.0 Å². The molecule has 3 amide bonds. The minimum absolute atomic E-state index is 0.0254. The van der Waals surface area contributed by atoms with E-state index in [1.165, 1.54) is 6.07 Å². The standard InChI is InChI=1S/C26H29ClFN5O3/c1-4-33-23(15-24(29)30-10-11-36-3)16(2)12-19(25(33)34)18-13-22(21(28)14-20(18)27)32-26(35)31-17-8-6-5-7-9-17/h5-9,12-14,23H,2,4,10-11,15H2,1,3H3,(H2,29,30)(H2,31,32,35)/t23-/m0/s1. The van der Waals surface area contributed by atoms with E-state index >= 15 is 0 Å². The highest BCUT2D eigenvalue weighted by Gasteiger charge is 2.33. The quantitative estimate of drug-likeness (QED) is 0.217. The molecule has 2 aromatic carbocycles. The van der Waals surface area contributed by atoms with Gasteiger partial charge < -0.3 is 25.6 Å². The second kappa shape index (κ2) is 12.3. The number of anilines is 2. The lowest BCUT2D eigenvalue weighted by molar-refractivity contribution is -0.126. The summed E-state index contributed by atoms with van der Waals surface area (Å²) in [6.45, 7) is 7.24. The van der Waals surface area contributed by atoms with Gasteiger partial charge in [0.1, 0.15) is 5.82 Å². The molecule has 0 bridgehead atoms. The molecule has 2 aromatic rings. The first kappa shape index (κ1) is 26.9. The largest absolute Gasteiger partial charge is 0.383 e. The summed E-state index contributed by atoms with van der Waals surface area (Å²) in [5.41, 5.74) is 1.52. The number of nitrogens with one attached hydrogen (secondary N) is 4. The van der Waals surface area contributed by atoms with Crippen LogP contribution >= 0.6 is 11.6 Å². The van der Waals surface area contributed by atoms with Gasteiger partial charge >= 0.3 is 6.03 Å². The van der Waals surface area contributed by atoms with E-state index in [2.05, 4.69) is 22.5 Å². The lowest BCUT2D eigenvalue weighted by Gasteiger charge is -2.36. The average molecular weight is 514 g/mol. The molecule has 0 saturated carbocycles. The van der Waals surface area contributed by atoms with Gasteiger partial charge in [-0.3, -0.25) is 10.2 Å². The van der Waals surface area contributed by atoms with Crippen molar-refractivity contribution in [3.05, 3.63) is 77.1 Å². The highest BCUT2D eigenvalue weighted by Crippen LogP contribution is 2.35.